The van der Waals surface area contributed by atoms with Crippen molar-refractivity contribution in [1.29, 1.82) is 0 Å². The molecule has 4 heteroatoms. The molecule has 4 unspecified atom stereocenters. The largest absolute Gasteiger partial charge is 0.376 e. The summed E-state index contributed by atoms with van der Waals surface area (Å²) < 4.78 is 5.88. The fourth-order valence-corrected chi connectivity index (χ4v) is 4.82. The zero-order valence-electron chi connectivity index (χ0n) is 15.0. The number of hydrogen-bond acceptors (Lipinski definition) is 3. The van der Waals surface area contributed by atoms with Crippen molar-refractivity contribution >= 4 is 5.91 Å². The smallest absolute Gasteiger partial charge is 0.239 e. The standard InChI is InChI=1S/C21H30N2O2/c24-21(20-12-18-8-4-5-9-19(18)22-20)23-11-10-17(13-23)15-25-14-16-6-2-1-3-7-16/h1-3,6-7,17-20,22H,4-5,8-15H2. The predicted octanol–water partition coefficient (Wildman–Crippen LogP) is 2.97. The van der Waals surface area contributed by atoms with Crippen LogP contribution in [-0.2, 0) is 16.1 Å². The number of carbonyl (C=O) groups is 1. The molecule has 3 aliphatic rings. The molecule has 0 bridgehead atoms. The average molecular weight is 342 g/mol. The highest BCUT2D eigenvalue weighted by molar-refractivity contribution is 5.82. The Bertz CT molecular complexity index is 563. The Labute approximate surface area is 150 Å². The van der Waals surface area contributed by atoms with Crippen LogP contribution in [-0.4, -0.2) is 42.6 Å². The Kier molecular flexibility index (Phi) is 5.37. The lowest BCUT2D eigenvalue weighted by Crippen LogP contribution is -2.44. The molecule has 136 valence electrons. The molecule has 1 aromatic rings. The van der Waals surface area contributed by atoms with Gasteiger partial charge in [0.2, 0.25) is 5.91 Å². The predicted molar refractivity (Wildman–Crippen MR) is 98.1 cm³/mol. The fourth-order valence-electron chi connectivity index (χ4n) is 4.82. The summed E-state index contributed by atoms with van der Waals surface area (Å²) in [4.78, 5) is 14.9. The first-order valence-corrected chi connectivity index (χ1v) is 9.96. The molecule has 1 N–H and O–H groups in total. The number of ether oxygens (including phenoxy) is 1. The quantitative estimate of drug-likeness (QED) is 0.894. The Morgan fingerprint density at radius 2 is 2.00 bits per heavy atom. The minimum Gasteiger partial charge on any atom is -0.376 e. The molecular formula is C21H30N2O2. The summed E-state index contributed by atoms with van der Waals surface area (Å²) >= 11 is 0. The van der Waals surface area contributed by atoms with Gasteiger partial charge in [-0.2, -0.15) is 0 Å². The molecule has 4 atom stereocenters. The zero-order valence-corrected chi connectivity index (χ0v) is 15.0. The van der Waals surface area contributed by atoms with Crippen LogP contribution in [0.15, 0.2) is 30.3 Å². The lowest BCUT2D eigenvalue weighted by molar-refractivity contribution is -0.132. The maximum atomic E-state index is 12.9. The summed E-state index contributed by atoms with van der Waals surface area (Å²) in [5.74, 6) is 1.55. The highest BCUT2D eigenvalue weighted by atomic mass is 16.5. The first-order valence-electron chi connectivity index (χ1n) is 9.96. The first kappa shape index (κ1) is 17.0. The molecule has 0 radical (unpaired) electrons. The van der Waals surface area contributed by atoms with Crippen LogP contribution in [0.2, 0.25) is 0 Å². The van der Waals surface area contributed by atoms with Gasteiger partial charge in [0.1, 0.15) is 0 Å². The molecule has 4 rings (SSSR count). The Hall–Kier alpha value is -1.39. The Morgan fingerprint density at radius 3 is 2.84 bits per heavy atom. The molecule has 2 saturated heterocycles. The summed E-state index contributed by atoms with van der Waals surface area (Å²) in [5, 5.41) is 3.63. The number of hydrogen-bond donors (Lipinski definition) is 1. The maximum Gasteiger partial charge on any atom is 0.239 e. The summed E-state index contributed by atoms with van der Waals surface area (Å²) in [7, 11) is 0. The maximum absolute atomic E-state index is 12.9. The molecule has 0 spiro atoms. The van der Waals surface area contributed by atoms with Crippen LogP contribution < -0.4 is 5.32 Å². The van der Waals surface area contributed by atoms with E-state index in [-0.39, 0.29) is 6.04 Å². The Balaban J connectivity index is 1.21. The summed E-state index contributed by atoms with van der Waals surface area (Å²) in [6.45, 7) is 3.17. The number of nitrogens with zero attached hydrogens (tertiary/aromatic N) is 1. The van der Waals surface area contributed by atoms with Gasteiger partial charge in [0, 0.05) is 25.0 Å². The Morgan fingerprint density at radius 1 is 1.16 bits per heavy atom. The second-order valence-electron chi connectivity index (χ2n) is 8.05. The number of rotatable bonds is 5. The molecule has 3 fully saturated rings. The van der Waals surface area contributed by atoms with Crippen LogP contribution in [0.25, 0.3) is 0 Å². The van der Waals surface area contributed by atoms with Crippen molar-refractivity contribution in [3.63, 3.8) is 0 Å². The van der Waals surface area contributed by atoms with Crippen molar-refractivity contribution in [3.8, 4) is 0 Å². The van der Waals surface area contributed by atoms with Crippen LogP contribution in [0.4, 0.5) is 0 Å². The van der Waals surface area contributed by atoms with Gasteiger partial charge in [-0.05, 0) is 37.2 Å². The molecular weight excluding hydrogens is 312 g/mol. The van der Waals surface area contributed by atoms with Crippen LogP contribution in [0.3, 0.4) is 0 Å². The van der Waals surface area contributed by atoms with E-state index in [4.69, 9.17) is 4.74 Å². The lowest BCUT2D eigenvalue weighted by Gasteiger charge is -2.24. The number of likely N-dealkylation sites (tertiary alicyclic amines) is 1. The molecule has 1 aliphatic carbocycles. The summed E-state index contributed by atoms with van der Waals surface area (Å²) in [6, 6.07) is 11.0. The first-order chi connectivity index (χ1) is 12.3. The molecule has 4 nitrogen and oxygen atoms in total. The SMILES string of the molecule is O=C(C1CC2CCCCC2N1)N1CCC(COCc2ccccc2)C1. The van der Waals surface area contributed by atoms with E-state index in [2.05, 4.69) is 22.3 Å². The number of amides is 1. The second-order valence-corrected chi connectivity index (χ2v) is 8.05. The van der Waals surface area contributed by atoms with Gasteiger partial charge in [-0.25, -0.2) is 0 Å². The minimum atomic E-state index is 0.0667. The number of nitrogens with one attached hydrogen (secondary N) is 1. The molecule has 2 aliphatic heterocycles. The van der Waals surface area contributed by atoms with E-state index in [1.54, 1.807) is 0 Å². The monoisotopic (exact) mass is 342 g/mol. The van der Waals surface area contributed by atoms with Gasteiger partial charge in [0.05, 0.1) is 19.3 Å². The topological polar surface area (TPSA) is 41.6 Å². The lowest BCUT2D eigenvalue weighted by atomic mass is 9.85. The third-order valence-electron chi connectivity index (χ3n) is 6.22. The zero-order chi connectivity index (χ0) is 17.1. The van der Waals surface area contributed by atoms with Gasteiger partial charge >= 0.3 is 0 Å². The number of carbonyl (C=O) groups excluding carboxylic acids is 1. The van der Waals surface area contributed by atoms with Crippen molar-refractivity contribution in [2.24, 2.45) is 11.8 Å². The van der Waals surface area contributed by atoms with Crippen LogP contribution in [0.1, 0.15) is 44.1 Å². The summed E-state index contributed by atoms with van der Waals surface area (Å²) in [5.41, 5.74) is 1.21. The minimum absolute atomic E-state index is 0.0667. The van der Waals surface area contributed by atoms with E-state index in [9.17, 15) is 4.79 Å². The highest BCUT2D eigenvalue weighted by Crippen LogP contribution is 2.34. The molecule has 1 amide bonds. The van der Waals surface area contributed by atoms with Crippen molar-refractivity contribution in [1.82, 2.24) is 10.2 Å². The van der Waals surface area contributed by atoms with Gasteiger partial charge in [0.15, 0.2) is 0 Å². The van der Waals surface area contributed by atoms with E-state index in [0.717, 1.165) is 38.5 Å². The highest BCUT2D eigenvalue weighted by Gasteiger charge is 2.40. The van der Waals surface area contributed by atoms with Crippen molar-refractivity contribution in [2.75, 3.05) is 19.7 Å². The number of benzene rings is 1. The molecule has 0 aromatic heterocycles. The van der Waals surface area contributed by atoms with E-state index >= 15 is 0 Å². The van der Waals surface area contributed by atoms with Crippen LogP contribution in [0.5, 0.6) is 0 Å². The molecule has 2 heterocycles. The summed E-state index contributed by atoms with van der Waals surface area (Å²) in [6.07, 6.45) is 7.34. The molecule has 25 heavy (non-hydrogen) atoms. The van der Waals surface area contributed by atoms with Gasteiger partial charge in [-0.15, -0.1) is 0 Å². The van der Waals surface area contributed by atoms with E-state index in [0.29, 0.717) is 24.5 Å². The van der Waals surface area contributed by atoms with E-state index in [1.807, 2.05) is 18.2 Å². The van der Waals surface area contributed by atoms with E-state index in [1.165, 1.54) is 31.2 Å². The second kappa shape index (κ2) is 7.88. The van der Waals surface area contributed by atoms with Gasteiger partial charge < -0.3 is 15.0 Å². The van der Waals surface area contributed by atoms with Crippen molar-refractivity contribution in [2.45, 2.75) is 57.2 Å². The van der Waals surface area contributed by atoms with Crippen LogP contribution in [0, 0.1) is 11.8 Å². The van der Waals surface area contributed by atoms with E-state index < -0.39 is 0 Å². The van der Waals surface area contributed by atoms with Gasteiger partial charge in [0.25, 0.3) is 0 Å². The van der Waals surface area contributed by atoms with Crippen molar-refractivity contribution < 1.29 is 9.53 Å². The third kappa shape index (κ3) is 4.06. The van der Waals surface area contributed by atoms with Gasteiger partial charge in [-0.3, -0.25) is 4.79 Å². The molecule has 1 saturated carbocycles. The molecule has 1 aromatic carbocycles. The number of fused-ring (bicyclic) bond motifs is 1. The normalized spacial score (nSPS) is 31.9. The third-order valence-corrected chi connectivity index (χ3v) is 6.22. The average Bonchev–Trinajstić information content (AvgIpc) is 3.29. The fraction of sp³-hybridized carbons (Fsp3) is 0.667. The van der Waals surface area contributed by atoms with Crippen molar-refractivity contribution in [3.05, 3.63) is 35.9 Å². The van der Waals surface area contributed by atoms with Gasteiger partial charge in [-0.1, -0.05) is 43.2 Å². The van der Waals surface area contributed by atoms with Crippen LogP contribution >= 0.6 is 0 Å².